The molecule has 0 aromatic heterocycles. The molecule has 2 N–H and O–H groups in total. The summed E-state index contributed by atoms with van der Waals surface area (Å²) in [5, 5.41) is 3.95. The predicted octanol–water partition coefficient (Wildman–Crippen LogP) is 3.16. The Hall–Kier alpha value is -3.24. The Morgan fingerprint density at radius 2 is 1.76 bits per heavy atom. The van der Waals surface area contributed by atoms with Crippen LogP contribution < -0.4 is 19.6 Å². The first-order valence-electron chi connectivity index (χ1n) is 10.9. The first kappa shape index (κ1) is 27.0. The molecule has 1 atom stereocenters. The summed E-state index contributed by atoms with van der Waals surface area (Å²) >= 11 is 0. The Morgan fingerprint density at radius 1 is 1.09 bits per heavy atom. The Balaban J connectivity index is 2.14. The van der Waals surface area contributed by atoms with E-state index in [0.29, 0.717) is 17.9 Å². The van der Waals surface area contributed by atoms with Crippen molar-refractivity contribution in [3.05, 3.63) is 53.6 Å². The highest BCUT2D eigenvalue weighted by Gasteiger charge is 2.26. The summed E-state index contributed by atoms with van der Waals surface area (Å²) in [4.78, 5) is 24.1. The molecule has 0 aliphatic rings. The third-order valence-electron chi connectivity index (χ3n) is 4.56. The highest BCUT2D eigenvalue weighted by Crippen LogP contribution is 2.28. The molecule has 34 heavy (non-hydrogen) atoms. The van der Waals surface area contributed by atoms with Crippen molar-refractivity contribution >= 4 is 28.1 Å². The lowest BCUT2D eigenvalue weighted by Gasteiger charge is -2.19. The van der Waals surface area contributed by atoms with E-state index in [1.165, 1.54) is 25.3 Å². The third-order valence-corrected chi connectivity index (χ3v) is 6.05. The number of benzene rings is 2. The summed E-state index contributed by atoms with van der Waals surface area (Å²) in [5.74, 6) is -0.362. The maximum atomic E-state index is 12.8. The van der Waals surface area contributed by atoms with Gasteiger partial charge < -0.3 is 9.47 Å². The lowest BCUT2D eigenvalue weighted by Crippen LogP contribution is -2.46. The number of aryl methyl sites for hydroxylation is 1. The van der Waals surface area contributed by atoms with E-state index >= 15 is 0 Å². The second kappa shape index (κ2) is 12.3. The summed E-state index contributed by atoms with van der Waals surface area (Å²) < 4.78 is 38.6. The molecule has 0 unspecified atom stereocenters. The van der Waals surface area contributed by atoms with Gasteiger partial charge in [-0.1, -0.05) is 31.5 Å². The first-order valence-corrected chi connectivity index (χ1v) is 12.4. The summed E-state index contributed by atoms with van der Waals surface area (Å²) in [6, 6.07) is 10.2. The van der Waals surface area contributed by atoms with Crippen molar-refractivity contribution in [2.24, 2.45) is 11.0 Å². The van der Waals surface area contributed by atoms with Crippen LogP contribution in [-0.4, -0.2) is 39.2 Å². The zero-order valence-electron chi connectivity index (χ0n) is 20.0. The summed E-state index contributed by atoms with van der Waals surface area (Å²) in [7, 11) is -3.89. The van der Waals surface area contributed by atoms with Crippen molar-refractivity contribution in [2.75, 3.05) is 6.61 Å². The standard InChI is InChI=1S/C24H31N3O6S/c1-6-32-23-14-19(9-12-22(23)33-18(5)28)15-25-26-24(29)21(13-16(2)3)27-34(30,31)20-10-7-17(4)8-11-20/h7-12,14-16,21,27H,6,13H2,1-5H3,(H,26,29)/b25-15-/t21-/m0/s1. The van der Waals surface area contributed by atoms with Crippen LogP contribution in [0.15, 0.2) is 52.5 Å². The molecular weight excluding hydrogens is 458 g/mol. The molecule has 0 bridgehead atoms. The van der Waals surface area contributed by atoms with E-state index in [1.807, 2.05) is 20.8 Å². The lowest BCUT2D eigenvalue weighted by atomic mass is 10.0. The number of amides is 1. The van der Waals surface area contributed by atoms with E-state index in [9.17, 15) is 18.0 Å². The molecule has 0 spiro atoms. The zero-order valence-corrected chi connectivity index (χ0v) is 20.8. The Labute approximate surface area is 200 Å². The zero-order chi connectivity index (χ0) is 25.3. The minimum Gasteiger partial charge on any atom is -0.490 e. The van der Waals surface area contributed by atoms with Gasteiger partial charge in [0.1, 0.15) is 6.04 Å². The molecule has 0 radical (unpaired) electrons. The Morgan fingerprint density at radius 3 is 2.35 bits per heavy atom. The van der Waals surface area contributed by atoms with E-state index < -0.39 is 27.9 Å². The van der Waals surface area contributed by atoms with Crippen molar-refractivity contribution in [1.29, 1.82) is 0 Å². The van der Waals surface area contributed by atoms with E-state index in [-0.39, 0.29) is 23.0 Å². The number of sulfonamides is 1. The molecule has 0 aliphatic carbocycles. The number of carbonyl (C=O) groups excluding carboxylic acids is 2. The van der Waals surface area contributed by atoms with E-state index in [1.54, 1.807) is 37.3 Å². The Bertz CT molecular complexity index is 1130. The number of rotatable bonds is 11. The molecule has 10 heteroatoms. The Kier molecular flexibility index (Phi) is 9.76. The monoisotopic (exact) mass is 489 g/mol. The second-order valence-corrected chi connectivity index (χ2v) is 9.80. The smallest absolute Gasteiger partial charge is 0.308 e. The fourth-order valence-corrected chi connectivity index (χ4v) is 4.22. The van der Waals surface area contributed by atoms with Crippen LogP contribution in [0.4, 0.5) is 0 Å². The molecule has 1 amide bonds. The van der Waals surface area contributed by atoms with Gasteiger partial charge in [-0.05, 0) is 62.1 Å². The van der Waals surface area contributed by atoms with Crippen molar-refractivity contribution in [1.82, 2.24) is 10.1 Å². The summed E-state index contributed by atoms with van der Waals surface area (Å²) in [6.07, 6.45) is 1.68. The summed E-state index contributed by atoms with van der Waals surface area (Å²) in [6.45, 7) is 9.10. The molecule has 0 fully saturated rings. The van der Waals surface area contributed by atoms with Crippen LogP contribution in [0.3, 0.4) is 0 Å². The number of hydrazone groups is 1. The van der Waals surface area contributed by atoms with Crippen LogP contribution >= 0.6 is 0 Å². The van der Waals surface area contributed by atoms with Crippen molar-refractivity contribution in [3.63, 3.8) is 0 Å². The highest BCUT2D eigenvalue weighted by atomic mass is 32.2. The van der Waals surface area contributed by atoms with Crippen molar-refractivity contribution in [2.45, 2.75) is 52.0 Å². The van der Waals surface area contributed by atoms with Gasteiger partial charge >= 0.3 is 5.97 Å². The number of carbonyl (C=O) groups is 2. The van der Waals surface area contributed by atoms with Gasteiger partial charge in [0.2, 0.25) is 10.0 Å². The molecule has 2 aromatic rings. The van der Waals surface area contributed by atoms with Gasteiger partial charge in [0, 0.05) is 6.92 Å². The van der Waals surface area contributed by atoms with Crippen LogP contribution in [0.1, 0.15) is 45.2 Å². The average molecular weight is 490 g/mol. The molecule has 0 saturated carbocycles. The third kappa shape index (κ3) is 8.27. The minimum absolute atomic E-state index is 0.0584. The molecule has 0 aliphatic heterocycles. The van der Waals surface area contributed by atoms with Gasteiger partial charge in [0.15, 0.2) is 11.5 Å². The molecular formula is C24H31N3O6S. The number of esters is 1. The predicted molar refractivity (Wildman–Crippen MR) is 129 cm³/mol. The van der Waals surface area contributed by atoms with Gasteiger partial charge in [-0.25, -0.2) is 13.8 Å². The number of nitrogens with zero attached hydrogens (tertiary/aromatic N) is 1. The van der Waals surface area contributed by atoms with E-state index in [0.717, 1.165) is 5.56 Å². The second-order valence-electron chi connectivity index (χ2n) is 8.08. The normalized spacial score (nSPS) is 12.5. The van der Waals surface area contributed by atoms with Crippen LogP contribution in [0.5, 0.6) is 11.5 Å². The van der Waals surface area contributed by atoms with Crippen LogP contribution in [0.25, 0.3) is 0 Å². The van der Waals surface area contributed by atoms with Gasteiger partial charge in [-0.2, -0.15) is 9.82 Å². The minimum atomic E-state index is -3.89. The molecule has 0 saturated heterocycles. The molecule has 2 rings (SSSR count). The average Bonchev–Trinajstić information content (AvgIpc) is 2.74. The number of hydrogen-bond acceptors (Lipinski definition) is 7. The van der Waals surface area contributed by atoms with Crippen LogP contribution in [-0.2, 0) is 19.6 Å². The van der Waals surface area contributed by atoms with Gasteiger partial charge in [-0.15, -0.1) is 0 Å². The van der Waals surface area contributed by atoms with E-state index in [4.69, 9.17) is 9.47 Å². The van der Waals surface area contributed by atoms with Gasteiger partial charge in [-0.3, -0.25) is 9.59 Å². The number of ether oxygens (including phenoxy) is 2. The maximum Gasteiger partial charge on any atom is 0.308 e. The molecule has 184 valence electrons. The fourth-order valence-electron chi connectivity index (χ4n) is 3.01. The molecule has 9 nitrogen and oxygen atoms in total. The van der Waals surface area contributed by atoms with Crippen molar-refractivity contribution in [3.8, 4) is 11.5 Å². The SMILES string of the molecule is CCOc1cc(/C=N\NC(=O)[C@H](CC(C)C)NS(=O)(=O)c2ccc(C)cc2)ccc1OC(C)=O. The largest absolute Gasteiger partial charge is 0.490 e. The van der Waals surface area contributed by atoms with Crippen LogP contribution in [0.2, 0.25) is 0 Å². The van der Waals surface area contributed by atoms with Gasteiger partial charge in [0.05, 0.1) is 17.7 Å². The van der Waals surface area contributed by atoms with E-state index in [2.05, 4.69) is 15.2 Å². The van der Waals surface area contributed by atoms with Crippen molar-refractivity contribution < 1.29 is 27.5 Å². The first-order chi connectivity index (χ1) is 16.0. The fraction of sp³-hybridized carbons (Fsp3) is 0.375. The maximum absolute atomic E-state index is 12.8. The quantitative estimate of drug-likeness (QED) is 0.216. The van der Waals surface area contributed by atoms with Gasteiger partial charge in [0.25, 0.3) is 5.91 Å². The number of nitrogens with one attached hydrogen (secondary N) is 2. The number of hydrogen-bond donors (Lipinski definition) is 2. The van der Waals surface area contributed by atoms with Crippen LogP contribution in [0, 0.1) is 12.8 Å². The highest BCUT2D eigenvalue weighted by molar-refractivity contribution is 7.89. The molecule has 0 heterocycles. The topological polar surface area (TPSA) is 123 Å². The molecule has 2 aromatic carbocycles. The lowest BCUT2D eigenvalue weighted by molar-refractivity contribution is -0.132. The summed E-state index contributed by atoms with van der Waals surface area (Å²) in [5.41, 5.74) is 3.91.